The van der Waals surface area contributed by atoms with Gasteiger partial charge in [-0.25, -0.2) is 4.90 Å². The van der Waals surface area contributed by atoms with Crippen LogP contribution in [0.1, 0.15) is 25.0 Å². The monoisotopic (exact) mass is 412 g/mol. The molecule has 4 rings (SSSR count). The van der Waals surface area contributed by atoms with Gasteiger partial charge in [-0.15, -0.1) is 0 Å². The van der Waals surface area contributed by atoms with Crippen molar-refractivity contribution in [3.05, 3.63) is 95.7 Å². The van der Waals surface area contributed by atoms with Gasteiger partial charge in [0.25, 0.3) is 11.8 Å². The summed E-state index contributed by atoms with van der Waals surface area (Å²) in [6, 6.07) is 24.1. The molecule has 0 bridgehead atoms. The highest BCUT2D eigenvalue weighted by molar-refractivity contribution is 6.46. The van der Waals surface area contributed by atoms with Crippen LogP contribution in [0.3, 0.4) is 0 Å². The van der Waals surface area contributed by atoms with Crippen LogP contribution in [0.15, 0.2) is 84.6 Å². The van der Waals surface area contributed by atoms with E-state index in [-0.39, 0.29) is 17.5 Å². The second-order valence-corrected chi connectivity index (χ2v) is 7.17. The van der Waals surface area contributed by atoms with Crippen molar-refractivity contribution >= 4 is 28.8 Å². The number of hydrogen-bond acceptors (Lipinski definition) is 4. The summed E-state index contributed by atoms with van der Waals surface area (Å²) in [5.74, 6) is -0.0306. The molecule has 0 fully saturated rings. The minimum atomic E-state index is -0.380. The highest BCUT2D eigenvalue weighted by Crippen LogP contribution is 2.34. The van der Waals surface area contributed by atoms with E-state index in [0.717, 1.165) is 12.0 Å². The molecular formula is C26H24N2O3. The summed E-state index contributed by atoms with van der Waals surface area (Å²) < 4.78 is 5.56. The largest absolute Gasteiger partial charge is 0.494 e. The zero-order chi connectivity index (χ0) is 21.8. The fourth-order valence-electron chi connectivity index (χ4n) is 3.61. The van der Waals surface area contributed by atoms with Gasteiger partial charge in [0, 0.05) is 11.8 Å². The van der Waals surface area contributed by atoms with E-state index in [9.17, 15) is 9.59 Å². The van der Waals surface area contributed by atoms with Crippen molar-refractivity contribution in [1.29, 1.82) is 0 Å². The molecule has 0 saturated heterocycles. The number of ether oxygens (including phenoxy) is 1. The maximum Gasteiger partial charge on any atom is 0.282 e. The molecule has 0 aromatic heterocycles. The van der Waals surface area contributed by atoms with Gasteiger partial charge in [0.1, 0.15) is 11.4 Å². The van der Waals surface area contributed by atoms with Gasteiger partial charge in [-0.2, -0.15) is 0 Å². The molecule has 1 aliphatic heterocycles. The van der Waals surface area contributed by atoms with E-state index in [4.69, 9.17) is 4.74 Å². The Kier molecular flexibility index (Phi) is 5.85. The first kappa shape index (κ1) is 20.4. The predicted octanol–water partition coefficient (Wildman–Crippen LogP) is 5.04. The second-order valence-electron chi connectivity index (χ2n) is 7.17. The predicted molar refractivity (Wildman–Crippen MR) is 123 cm³/mol. The van der Waals surface area contributed by atoms with Crippen LogP contribution in [-0.4, -0.2) is 18.4 Å². The third-order valence-corrected chi connectivity index (χ3v) is 5.16. The van der Waals surface area contributed by atoms with Crippen LogP contribution in [0.5, 0.6) is 5.75 Å². The second kappa shape index (κ2) is 8.88. The molecular weight excluding hydrogens is 388 g/mol. The van der Waals surface area contributed by atoms with E-state index in [1.807, 2.05) is 85.8 Å². The van der Waals surface area contributed by atoms with Crippen molar-refractivity contribution in [3.8, 4) is 5.75 Å². The number of nitrogens with one attached hydrogen (secondary N) is 1. The van der Waals surface area contributed by atoms with Gasteiger partial charge in [0.05, 0.1) is 17.9 Å². The van der Waals surface area contributed by atoms with E-state index in [1.54, 1.807) is 0 Å². The summed E-state index contributed by atoms with van der Waals surface area (Å²) in [7, 11) is 0. The van der Waals surface area contributed by atoms with Gasteiger partial charge in [-0.05, 0) is 48.7 Å². The number of benzene rings is 3. The van der Waals surface area contributed by atoms with Crippen molar-refractivity contribution < 1.29 is 14.3 Å². The maximum atomic E-state index is 13.4. The van der Waals surface area contributed by atoms with Gasteiger partial charge in [0.15, 0.2) is 0 Å². The SMILES string of the molecule is CCOc1cccc(NC2=C(c3ccccc3)C(=O)N(c3ccc(CC)cc3)C2=O)c1. The van der Waals surface area contributed by atoms with E-state index < -0.39 is 0 Å². The molecule has 1 N–H and O–H groups in total. The molecule has 3 aromatic rings. The summed E-state index contributed by atoms with van der Waals surface area (Å²) >= 11 is 0. The number of imide groups is 1. The standard InChI is InChI=1S/C26H24N2O3/c1-3-18-13-15-21(16-14-18)28-25(29)23(19-9-6-5-7-10-19)24(26(28)30)27-20-11-8-12-22(17-20)31-4-2/h5-17,27H,3-4H2,1-2H3. The third-order valence-electron chi connectivity index (χ3n) is 5.16. The van der Waals surface area contributed by atoms with E-state index in [1.165, 1.54) is 4.90 Å². The molecule has 5 heteroatoms. The summed E-state index contributed by atoms with van der Waals surface area (Å²) in [6.07, 6.45) is 0.888. The number of amides is 2. The molecule has 2 amide bonds. The molecule has 0 spiro atoms. The molecule has 1 aliphatic rings. The summed E-state index contributed by atoms with van der Waals surface area (Å²) in [6.45, 7) is 4.52. The van der Waals surface area contributed by atoms with Crippen LogP contribution >= 0.6 is 0 Å². The average Bonchev–Trinajstić information content (AvgIpc) is 3.04. The lowest BCUT2D eigenvalue weighted by Crippen LogP contribution is -2.32. The number of nitrogens with zero attached hydrogens (tertiary/aromatic N) is 1. The number of carbonyl (C=O) groups excluding carboxylic acids is 2. The average molecular weight is 412 g/mol. The lowest BCUT2D eigenvalue weighted by Gasteiger charge is -2.16. The topological polar surface area (TPSA) is 58.6 Å². The molecule has 5 nitrogen and oxygen atoms in total. The van der Waals surface area contributed by atoms with Crippen molar-refractivity contribution in [3.63, 3.8) is 0 Å². The molecule has 0 atom stereocenters. The number of hydrogen-bond donors (Lipinski definition) is 1. The number of aryl methyl sites for hydroxylation is 1. The third kappa shape index (κ3) is 4.08. The van der Waals surface area contributed by atoms with Crippen molar-refractivity contribution in [1.82, 2.24) is 0 Å². The molecule has 31 heavy (non-hydrogen) atoms. The van der Waals surface area contributed by atoms with Gasteiger partial charge >= 0.3 is 0 Å². The fraction of sp³-hybridized carbons (Fsp3) is 0.154. The molecule has 0 saturated carbocycles. The number of carbonyl (C=O) groups is 2. The zero-order valence-electron chi connectivity index (χ0n) is 17.6. The Hall–Kier alpha value is -3.86. The Bertz CT molecular complexity index is 1130. The molecule has 3 aromatic carbocycles. The van der Waals surface area contributed by atoms with Crippen LogP contribution in [0.25, 0.3) is 5.57 Å². The van der Waals surface area contributed by atoms with Gasteiger partial charge in [-0.1, -0.05) is 55.5 Å². The summed E-state index contributed by atoms with van der Waals surface area (Å²) in [4.78, 5) is 28.1. The highest BCUT2D eigenvalue weighted by Gasteiger charge is 2.40. The zero-order valence-corrected chi connectivity index (χ0v) is 17.6. The first-order chi connectivity index (χ1) is 15.1. The minimum absolute atomic E-state index is 0.254. The van der Waals surface area contributed by atoms with Crippen LogP contribution in [0.2, 0.25) is 0 Å². The van der Waals surface area contributed by atoms with Gasteiger partial charge in [-0.3, -0.25) is 9.59 Å². The highest BCUT2D eigenvalue weighted by atomic mass is 16.5. The van der Waals surface area contributed by atoms with E-state index in [2.05, 4.69) is 12.2 Å². The molecule has 0 unspecified atom stereocenters. The van der Waals surface area contributed by atoms with Crippen LogP contribution < -0.4 is 15.0 Å². The quantitative estimate of drug-likeness (QED) is 0.552. The van der Waals surface area contributed by atoms with Crippen molar-refractivity contribution in [2.24, 2.45) is 0 Å². The molecule has 0 radical (unpaired) electrons. The lowest BCUT2D eigenvalue weighted by atomic mass is 10.0. The number of anilines is 2. The van der Waals surface area contributed by atoms with Gasteiger partial charge in [0.2, 0.25) is 0 Å². The summed E-state index contributed by atoms with van der Waals surface area (Å²) in [5.41, 5.74) is 3.68. The van der Waals surface area contributed by atoms with Crippen molar-refractivity contribution in [2.45, 2.75) is 20.3 Å². The smallest absolute Gasteiger partial charge is 0.282 e. The van der Waals surface area contributed by atoms with E-state index >= 15 is 0 Å². The Morgan fingerprint density at radius 1 is 0.839 bits per heavy atom. The fourth-order valence-corrected chi connectivity index (χ4v) is 3.61. The van der Waals surface area contributed by atoms with Crippen LogP contribution in [0.4, 0.5) is 11.4 Å². The van der Waals surface area contributed by atoms with Crippen LogP contribution in [0, 0.1) is 0 Å². The van der Waals surface area contributed by atoms with E-state index in [0.29, 0.717) is 34.9 Å². The molecule has 1 heterocycles. The normalized spacial score (nSPS) is 13.7. The molecule has 0 aliphatic carbocycles. The Morgan fingerprint density at radius 3 is 2.26 bits per heavy atom. The van der Waals surface area contributed by atoms with Crippen molar-refractivity contribution in [2.75, 3.05) is 16.8 Å². The minimum Gasteiger partial charge on any atom is -0.494 e. The Balaban J connectivity index is 1.76. The number of rotatable bonds is 7. The van der Waals surface area contributed by atoms with Crippen LogP contribution in [-0.2, 0) is 16.0 Å². The summed E-state index contributed by atoms with van der Waals surface area (Å²) in [5, 5.41) is 3.18. The maximum absolute atomic E-state index is 13.4. The lowest BCUT2D eigenvalue weighted by molar-refractivity contribution is -0.120. The molecule has 156 valence electrons. The first-order valence-electron chi connectivity index (χ1n) is 10.4. The van der Waals surface area contributed by atoms with Gasteiger partial charge < -0.3 is 10.1 Å². The Morgan fingerprint density at radius 2 is 1.58 bits per heavy atom. The first-order valence-corrected chi connectivity index (χ1v) is 10.4. The Labute approximate surface area is 182 Å².